The van der Waals surface area contributed by atoms with Gasteiger partial charge in [-0.05, 0) is 41.8 Å². The fourth-order valence-corrected chi connectivity index (χ4v) is 4.13. The van der Waals surface area contributed by atoms with Gasteiger partial charge in [0.1, 0.15) is 12.0 Å². The van der Waals surface area contributed by atoms with Gasteiger partial charge in [-0.15, -0.1) is 0 Å². The molecule has 3 unspecified atom stereocenters. The normalized spacial score (nSPS) is 22.0. The van der Waals surface area contributed by atoms with Crippen LogP contribution in [0.3, 0.4) is 0 Å². The van der Waals surface area contributed by atoms with Crippen molar-refractivity contribution in [3.05, 3.63) is 47.5 Å². The van der Waals surface area contributed by atoms with E-state index in [9.17, 15) is 9.59 Å². The summed E-state index contributed by atoms with van der Waals surface area (Å²) in [5.41, 5.74) is 1.65. The van der Waals surface area contributed by atoms with Crippen LogP contribution in [0.1, 0.15) is 24.2 Å². The number of cyclic esters (lactones) is 1. The standard InChI is InChI=1S/C22H20O8/c1-12(23)30-21(14-3-5-17-19(8-14)29-11-27-17)20-15(9-25-22(20)24)6-13-2-4-16-18(7-13)28-10-26-16/h2-5,7-8,15,20-21H,6,9-11H2,1H3. The Labute approximate surface area is 172 Å². The highest BCUT2D eigenvalue weighted by Crippen LogP contribution is 2.42. The lowest BCUT2D eigenvalue weighted by Gasteiger charge is -2.25. The Morgan fingerprint density at radius 3 is 2.37 bits per heavy atom. The molecule has 1 fully saturated rings. The number of hydrogen-bond donors (Lipinski definition) is 0. The van der Waals surface area contributed by atoms with Gasteiger partial charge in [0, 0.05) is 12.8 Å². The van der Waals surface area contributed by atoms with Gasteiger partial charge in [0.25, 0.3) is 0 Å². The molecule has 8 nitrogen and oxygen atoms in total. The van der Waals surface area contributed by atoms with Crippen molar-refractivity contribution in [2.45, 2.75) is 19.4 Å². The minimum Gasteiger partial charge on any atom is -0.465 e. The van der Waals surface area contributed by atoms with Crippen molar-refractivity contribution in [3.63, 3.8) is 0 Å². The minimum absolute atomic E-state index is 0.134. The molecular formula is C22H20O8. The second-order valence-corrected chi connectivity index (χ2v) is 7.45. The second-order valence-electron chi connectivity index (χ2n) is 7.45. The predicted octanol–water partition coefficient (Wildman–Crippen LogP) is 2.78. The van der Waals surface area contributed by atoms with E-state index in [0.29, 0.717) is 35.0 Å². The molecule has 30 heavy (non-hydrogen) atoms. The summed E-state index contributed by atoms with van der Waals surface area (Å²) in [7, 11) is 0. The Balaban J connectivity index is 1.44. The maximum absolute atomic E-state index is 12.7. The number of carbonyl (C=O) groups is 2. The van der Waals surface area contributed by atoms with E-state index in [0.717, 1.165) is 5.56 Å². The molecule has 0 spiro atoms. The van der Waals surface area contributed by atoms with Gasteiger partial charge in [-0.2, -0.15) is 0 Å². The molecule has 0 N–H and O–H groups in total. The van der Waals surface area contributed by atoms with Crippen molar-refractivity contribution in [1.29, 1.82) is 0 Å². The van der Waals surface area contributed by atoms with Crippen LogP contribution in [0.25, 0.3) is 0 Å². The lowest BCUT2D eigenvalue weighted by Crippen LogP contribution is -2.28. The zero-order valence-corrected chi connectivity index (χ0v) is 16.3. The van der Waals surface area contributed by atoms with Crippen molar-refractivity contribution in [3.8, 4) is 23.0 Å². The van der Waals surface area contributed by atoms with Crippen LogP contribution in [-0.4, -0.2) is 32.1 Å². The van der Waals surface area contributed by atoms with E-state index in [1.807, 2.05) is 18.2 Å². The van der Waals surface area contributed by atoms with Crippen LogP contribution in [0.4, 0.5) is 0 Å². The van der Waals surface area contributed by atoms with Gasteiger partial charge in [-0.25, -0.2) is 0 Å². The predicted molar refractivity (Wildman–Crippen MR) is 101 cm³/mol. The van der Waals surface area contributed by atoms with Gasteiger partial charge < -0.3 is 28.4 Å². The molecule has 0 radical (unpaired) electrons. The van der Waals surface area contributed by atoms with Crippen molar-refractivity contribution < 1.29 is 38.0 Å². The van der Waals surface area contributed by atoms with Gasteiger partial charge in [0.2, 0.25) is 13.6 Å². The van der Waals surface area contributed by atoms with Crippen molar-refractivity contribution >= 4 is 11.9 Å². The van der Waals surface area contributed by atoms with Crippen molar-refractivity contribution in [2.75, 3.05) is 20.2 Å². The summed E-state index contributed by atoms with van der Waals surface area (Å²) in [4.78, 5) is 24.5. The Hall–Kier alpha value is -3.42. The van der Waals surface area contributed by atoms with Gasteiger partial charge in [0.15, 0.2) is 23.0 Å². The number of fused-ring (bicyclic) bond motifs is 2. The van der Waals surface area contributed by atoms with E-state index in [1.165, 1.54) is 6.92 Å². The Kier molecular flexibility index (Phi) is 4.61. The number of hydrogen-bond acceptors (Lipinski definition) is 8. The third kappa shape index (κ3) is 3.38. The zero-order valence-electron chi connectivity index (χ0n) is 16.3. The molecule has 0 saturated carbocycles. The molecular weight excluding hydrogens is 392 g/mol. The molecule has 0 aliphatic carbocycles. The van der Waals surface area contributed by atoms with E-state index >= 15 is 0 Å². The highest BCUT2D eigenvalue weighted by molar-refractivity contribution is 5.77. The van der Waals surface area contributed by atoms with E-state index in [4.69, 9.17) is 28.4 Å². The third-order valence-corrected chi connectivity index (χ3v) is 5.50. The summed E-state index contributed by atoms with van der Waals surface area (Å²) >= 11 is 0. The molecule has 0 bridgehead atoms. The summed E-state index contributed by atoms with van der Waals surface area (Å²) in [6, 6.07) is 11.0. The molecule has 1 saturated heterocycles. The molecule has 3 atom stereocenters. The molecule has 5 rings (SSSR count). The van der Waals surface area contributed by atoms with E-state index in [1.54, 1.807) is 18.2 Å². The first-order chi connectivity index (χ1) is 14.6. The van der Waals surface area contributed by atoms with Gasteiger partial charge in [-0.1, -0.05) is 12.1 Å². The number of rotatable bonds is 5. The van der Waals surface area contributed by atoms with E-state index in [2.05, 4.69) is 0 Å². The van der Waals surface area contributed by atoms with Crippen LogP contribution < -0.4 is 18.9 Å². The number of esters is 2. The maximum atomic E-state index is 12.7. The van der Waals surface area contributed by atoms with Crippen LogP contribution >= 0.6 is 0 Å². The first kappa shape index (κ1) is 18.6. The quantitative estimate of drug-likeness (QED) is 0.693. The summed E-state index contributed by atoms with van der Waals surface area (Å²) < 4.78 is 32.6. The van der Waals surface area contributed by atoms with E-state index in [-0.39, 0.29) is 32.1 Å². The molecule has 3 heterocycles. The Bertz CT molecular complexity index is 1000. The second kappa shape index (κ2) is 7.44. The summed E-state index contributed by atoms with van der Waals surface area (Å²) in [5.74, 6) is 0.888. The van der Waals surface area contributed by atoms with Crippen molar-refractivity contribution in [1.82, 2.24) is 0 Å². The van der Waals surface area contributed by atoms with Gasteiger partial charge in [-0.3, -0.25) is 9.59 Å². The molecule has 0 amide bonds. The number of ether oxygens (including phenoxy) is 6. The van der Waals surface area contributed by atoms with Crippen LogP contribution in [0.15, 0.2) is 36.4 Å². The van der Waals surface area contributed by atoms with E-state index < -0.39 is 18.0 Å². The molecule has 3 aliphatic rings. The maximum Gasteiger partial charge on any atom is 0.313 e. The fourth-order valence-electron chi connectivity index (χ4n) is 4.13. The highest BCUT2D eigenvalue weighted by Gasteiger charge is 2.45. The third-order valence-electron chi connectivity index (χ3n) is 5.50. The minimum atomic E-state index is -0.786. The van der Waals surface area contributed by atoms with Crippen LogP contribution in [-0.2, 0) is 25.5 Å². The molecule has 156 valence electrons. The highest BCUT2D eigenvalue weighted by atomic mass is 16.7. The first-order valence-corrected chi connectivity index (χ1v) is 9.70. The zero-order chi connectivity index (χ0) is 20.7. The molecule has 3 aliphatic heterocycles. The van der Waals surface area contributed by atoms with Crippen LogP contribution in [0.5, 0.6) is 23.0 Å². The molecule has 2 aromatic rings. The largest absolute Gasteiger partial charge is 0.465 e. The first-order valence-electron chi connectivity index (χ1n) is 9.70. The fraction of sp³-hybridized carbons (Fsp3) is 0.364. The van der Waals surface area contributed by atoms with Crippen LogP contribution in [0, 0.1) is 11.8 Å². The Morgan fingerprint density at radius 1 is 0.967 bits per heavy atom. The average Bonchev–Trinajstić information content (AvgIpc) is 3.45. The molecule has 2 aromatic carbocycles. The molecule has 0 aromatic heterocycles. The lowest BCUT2D eigenvalue weighted by molar-refractivity contribution is -0.155. The summed E-state index contributed by atoms with van der Waals surface area (Å²) in [6.45, 7) is 1.91. The Morgan fingerprint density at radius 2 is 1.63 bits per heavy atom. The number of benzene rings is 2. The van der Waals surface area contributed by atoms with Gasteiger partial charge >= 0.3 is 11.9 Å². The van der Waals surface area contributed by atoms with Crippen molar-refractivity contribution in [2.24, 2.45) is 11.8 Å². The topological polar surface area (TPSA) is 89.5 Å². The summed E-state index contributed by atoms with van der Waals surface area (Å²) in [6.07, 6.45) is -0.221. The SMILES string of the molecule is CC(=O)OC(c1ccc2c(c1)OCO2)C1C(=O)OCC1Cc1ccc2c(c1)OCO2. The monoisotopic (exact) mass is 412 g/mol. The summed E-state index contributed by atoms with van der Waals surface area (Å²) in [5, 5.41) is 0. The smallest absolute Gasteiger partial charge is 0.313 e. The van der Waals surface area contributed by atoms with Gasteiger partial charge in [0.05, 0.1) is 6.61 Å². The molecule has 8 heteroatoms. The lowest BCUT2D eigenvalue weighted by atomic mass is 9.82. The number of carbonyl (C=O) groups excluding carboxylic acids is 2. The van der Waals surface area contributed by atoms with Crippen LogP contribution in [0.2, 0.25) is 0 Å². The average molecular weight is 412 g/mol.